The highest BCUT2D eigenvalue weighted by Gasteiger charge is 2.07. The molecule has 0 saturated carbocycles. The highest BCUT2D eigenvalue weighted by Crippen LogP contribution is 2.14. The van der Waals surface area contributed by atoms with Crippen LogP contribution in [0.1, 0.15) is 24.2 Å². The van der Waals surface area contributed by atoms with Crippen molar-refractivity contribution in [1.29, 1.82) is 0 Å². The van der Waals surface area contributed by atoms with Crippen molar-refractivity contribution in [2.75, 3.05) is 7.11 Å². The monoisotopic (exact) mass is 232 g/mol. The fourth-order valence-electron chi connectivity index (χ4n) is 1.70. The predicted octanol–water partition coefficient (Wildman–Crippen LogP) is 1.35. The molecule has 17 heavy (non-hydrogen) atoms. The van der Waals surface area contributed by atoms with E-state index in [1.54, 1.807) is 25.8 Å². The number of ether oxygens (including phenoxy) is 1. The number of imidazole rings is 1. The maximum Gasteiger partial charge on any atom is 0.213 e. The van der Waals surface area contributed by atoms with Crippen molar-refractivity contribution >= 4 is 0 Å². The van der Waals surface area contributed by atoms with Gasteiger partial charge in [-0.2, -0.15) is 0 Å². The van der Waals surface area contributed by atoms with Crippen LogP contribution in [0, 0.1) is 0 Å². The lowest BCUT2D eigenvalue weighted by molar-refractivity contribution is 0.397. The van der Waals surface area contributed by atoms with E-state index in [-0.39, 0.29) is 6.04 Å². The Balaban J connectivity index is 2.22. The van der Waals surface area contributed by atoms with Crippen LogP contribution in [0.25, 0.3) is 0 Å². The van der Waals surface area contributed by atoms with Gasteiger partial charge in [0.2, 0.25) is 5.88 Å². The smallest absolute Gasteiger partial charge is 0.213 e. The molecule has 1 atom stereocenters. The highest BCUT2D eigenvalue weighted by atomic mass is 16.5. The summed E-state index contributed by atoms with van der Waals surface area (Å²) in [4.78, 5) is 8.19. The molecule has 2 heterocycles. The van der Waals surface area contributed by atoms with Crippen molar-refractivity contribution in [1.82, 2.24) is 14.5 Å². The third-order valence-corrected chi connectivity index (χ3v) is 2.57. The van der Waals surface area contributed by atoms with Crippen molar-refractivity contribution in [3.05, 3.63) is 42.1 Å². The zero-order valence-electron chi connectivity index (χ0n) is 10.00. The van der Waals surface area contributed by atoms with Crippen LogP contribution < -0.4 is 10.5 Å². The van der Waals surface area contributed by atoms with Gasteiger partial charge < -0.3 is 15.0 Å². The summed E-state index contributed by atoms with van der Waals surface area (Å²) in [7, 11) is 1.61. The van der Waals surface area contributed by atoms with Crippen molar-refractivity contribution in [3.63, 3.8) is 0 Å². The van der Waals surface area contributed by atoms with Crippen LogP contribution in [0.2, 0.25) is 0 Å². The van der Waals surface area contributed by atoms with Gasteiger partial charge in [-0.15, -0.1) is 0 Å². The Morgan fingerprint density at radius 1 is 1.53 bits per heavy atom. The minimum atomic E-state index is -0.0266. The number of nitrogens with zero attached hydrogens (tertiary/aromatic N) is 3. The van der Waals surface area contributed by atoms with Crippen molar-refractivity contribution in [3.8, 4) is 5.88 Å². The first-order chi connectivity index (χ1) is 8.20. The van der Waals surface area contributed by atoms with Crippen LogP contribution in [0.4, 0.5) is 0 Å². The summed E-state index contributed by atoms with van der Waals surface area (Å²) < 4.78 is 7.12. The second kappa shape index (κ2) is 4.97. The van der Waals surface area contributed by atoms with Gasteiger partial charge in [0.1, 0.15) is 0 Å². The molecule has 90 valence electrons. The molecule has 0 aromatic carbocycles. The van der Waals surface area contributed by atoms with Crippen LogP contribution in [-0.2, 0) is 6.54 Å². The maximum atomic E-state index is 5.87. The third kappa shape index (κ3) is 2.62. The summed E-state index contributed by atoms with van der Waals surface area (Å²) in [5.74, 6) is 0.616. The van der Waals surface area contributed by atoms with Crippen LogP contribution in [-0.4, -0.2) is 21.6 Å². The third-order valence-electron chi connectivity index (χ3n) is 2.57. The van der Waals surface area contributed by atoms with Crippen molar-refractivity contribution < 1.29 is 4.74 Å². The lowest BCUT2D eigenvalue weighted by Gasteiger charge is -2.11. The first kappa shape index (κ1) is 11.6. The van der Waals surface area contributed by atoms with Gasteiger partial charge in [0.15, 0.2) is 0 Å². The number of rotatable bonds is 4. The highest BCUT2D eigenvalue weighted by molar-refractivity contribution is 5.21. The average Bonchev–Trinajstić information content (AvgIpc) is 2.77. The molecule has 0 aliphatic carbocycles. The van der Waals surface area contributed by atoms with E-state index in [4.69, 9.17) is 10.5 Å². The summed E-state index contributed by atoms with van der Waals surface area (Å²) >= 11 is 0. The molecule has 0 bridgehead atoms. The first-order valence-corrected chi connectivity index (χ1v) is 5.45. The van der Waals surface area contributed by atoms with Gasteiger partial charge in [-0.3, -0.25) is 0 Å². The standard InChI is InChI=1S/C12H16N4O/c1-9(13)11-6-14-8-16(11)7-10-3-4-15-12(5-10)17-2/h3-6,8-9H,7,13H2,1-2H3. The maximum absolute atomic E-state index is 5.87. The molecule has 2 N–H and O–H groups in total. The minimum Gasteiger partial charge on any atom is -0.481 e. The molecule has 0 aliphatic rings. The summed E-state index contributed by atoms with van der Waals surface area (Å²) in [5, 5.41) is 0. The SMILES string of the molecule is COc1cc(Cn2cncc2C(C)N)ccn1. The second-order valence-electron chi connectivity index (χ2n) is 3.94. The molecule has 0 saturated heterocycles. The van der Waals surface area contributed by atoms with Crippen molar-refractivity contribution in [2.45, 2.75) is 19.5 Å². The quantitative estimate of drug-likeness (QED) is 0.864. The zero-order valence-corrected chi connectivity index (χ0v) is 10.00. The van der Waals surface area contributed by atoms with Gasteiger partial charge in [0.25, 0.3) is 0 Å². The Labute approximate surface area is 100 Å². The molecule has 1 unspecified atom stereocenters. The van der Waals surface area contributed by atoms with E-state index in [1.165, 1.54) is 0 Å². The molecule has 0 aliphatic heterocycles. The molecule has 0 amide bonds. The molecule has 0 spiro atoms. The number of nitrogens with two attached hydrogens (primary N) is 1. The van der Waals surface area contributed by atoms with Crippen molar-refractivity contribution in [2.24, 2.45) is 5.73 Å². The number of hydrogen-bond donors (Lipinski definition) is 1. The fourth-order valence-corrected chi connectivity index (χ4v) is 1.70. The molecule has 5 nitrogen and oxygen atoms in total. The van der Waals surface area contributed by atoms with Gasteiger partial charge in [-0.1, -0.05) is 0 Å². The molecule has 2 rings (SSSR count). The summed E-state index contributed by atoms with van der Waals surface area (Å²) in [6.07, 6.45) is 5.31. The van der Waals surface area contributed by atoms with Gasteiger partial charge in [-0.05, 0) is 18.6 Å². The Morgan fingerprint density at radius 2 is 2.35 bits per heavy atom. The Hall–Kier alpha value is -1.88. The average molecular weight is 232 g/mol. The van der Waals surface area contributed by atoms with E-state index in [0.717, 1.165) is 17.8 Å². The van der Waals surface area contributed by atoms with Gasteiger partial charge in [0.05, 0.1) is 19.1 Å². The van der Waals surface area contributed by atoms with E-state index in [1.807, 2.05) is 23.6 Å². The van der Waals surface area contributed by atoms with E-state index >= 15 is 0 Å². The van der Waals surface area contributed by atoms with Crippen LogP contribution in [0.5, 0.6) is 5.88 Å². The van der Waals surface area contributed by atoms with Gasteiger partial charge in [0, 0.05) is 31.0 Å². The molecular weight excluding hydrogens is 216 g/mol. The van der Waals surface area contributed by atoms with Crippen LogP contribution in [0.3, 0.4) is 0 Å². The Kier molecular flexibility index (Phi) is 3.39. The zero-order chi connectivity index (χ0) is 12.3. The number of methoxy groups -OCH3 is 1. The normalized spacial score (nSPS) is 12.4. The Bertz CT molecular complexity index is 493. The molecule has 0 radical (unpaired) electrons. The Morgan fingerprint density at radius 3 is 3.06 bits per heavy atom. The molecule has 2 aromatic heterocycles. The van der Waals surface area contributed by atoms with Gasteiger partial charge >= 0.3 is 0 Å². The van der Waals surface area contributed by atoms with Gasteiger partial charge in [-0.25, -0.2) is 9.97 Å². The second-order valence-corrected chi connectivity index (χ2v) is 3.94. The topological polar surface area (TPSA) is 66.0 Å². The predicted molar refractivity (Wildman–Crippen MR) is 64.7 cm³/mol. The summed E-state index contributed by atoms with van der Waals surface area (Å²) in [6.45, 7) is 2.66. The van der Waals surface area contributed by atoms with E-state index in [0.29, 0.717) is 5.88 Å². The largest absolute Gasteiger partial charge is 0.481 e. The van der Waals surface area contributed by atoms with E-state index in [2.05, 4.69) is 9.97 Å². The lowest BCUT2D eigenvalue weighted by Crippen LogP contribution is -2.12. The number of hydrogen-bond acceptors (Lipinski definition) is 4. The summed E-state index contributed by atoms with van der Waals surface area (Å²) in [6, 6.07) is 3.83. The van der Waals surface area contributed by atoms with E-state index < -0.39 is 0 Å². The van der Waals surface area contributed by atoms with E-state index in [9.17, 15) is 0 Å². The lowest BCUT2D eigenvalue weighted by atomic mass is 10.2. The molecule has 2 aromatic rings. The summed E-state index contributed by atoms with van der Waals surface area (Å²) in [5.41, 5.74) is 7.99. The first-order valence-electron chi connectivity index (χ1n) is 5.45. The molecule has 0 fully saturated rings. The van der Waals surface area contributed by atoms with Crippen LogP contribution in [0.15, 0.2) is 30.9 Å². The fraction of sp³-hybridized carbons (Fsp3) is 0.333. The number of aromatic nitrogens is 3. The van der Waals surface area contributed by atoms with Crippen LogP contribution >= 0.6 is 0 Å². The molecule has 5 heteroatoms. The molecular formula is C12H16N4O. The number of pyridine rings is 1. The minimum absolute atomic E-state index is 0.0266.